The van der Waals surface area contributed by atoms with E-state index in [0.717, 1.165) is 24.2 Å². The predicted molar refractivity (Wildman–Crippen MR) is 91.9 cm³/mol. The maximum atomic E-state index is 13.9. The second-order valence-electron chi connectivity index (χ2n) is 6.67. The zero-order chi connectivity index (χ0) is 17.6. The summed E-state index contributed by atoms with van der Waals surface area (Å²) in [5.74, 6) is -0.616. The highest BCUT2D eigenvalue weighted by Crippen LogP contribution is 2.26. The number of likely N-dealkylation sites (tertiary alicyclic amines) is 1. The maximum absolute atomic E-state index is 13.9. The number of amides is 1. The van der Waals surface area contributed by atoms with Crippen LogP contribution in [-0.2, 0) is 0 Å². The smallest absolute Gasteiger partial charge is 0.256 e. The number of hydrogen-bond acceptors (Lipinski definition) is 3. The van der Waals surface area contributed by atoms with Gasteiger partial charge in [0, 0.05) is 18.8 Å². The lowest BCUT2D eigenvalue weighted by molar-refractivity contribution is 0.0673. The third-order valence-corrected chi connectivity index (χ3v) is 4.79. The minimum atomic E-state index is -0.438. The van der Waals surface area contributed by atoms with Crippen molar-refractivity contribution in [2.45, 2.75) is 32.7 Å². The molecule has 1 aliphatic heterocycles. The van der Waals surface area contributed by atoms with Crippen LogP contribution in [0.4, 0.5) is 4.39 Å². The molecule has 130 valence electrons. The summed E-state index contributed by atoms with van der Waals surface area (Å²) in [7, 11) is 0. The Hall–Kier alpha value is -2.70. The van der Waals surface area contributed by atoms with Crippen LogP contribution in [0, 0.1) is 19.7 Å². The maximum Gasteiger partial charge on any atom is 0.256 e. The molecule has 0 spiro atoms. The number of hydrogen-bond donors (Lipinski definition) is 1. The molecule has 3 heterocycles. The van der Waals surface area contributed by atoms with Crippen molar-refractivity contribution in [3.63, 3.8) is 0 Å². The van der Waals surface area contributed by atoms with Crippen molar-refractivity contribution in [3.05, 3.63) is 47.3 Å². The molecule has 0 saturated carbocycles. The molecule has 3 aromatic rings. The second kappa shape index (κ2) is 5.98. The highest BCUT2D eigenvalue weighted by atomic mass is 19.1. The number of aromatic nitrogens is 4. The topological polar surface area (TPSA) is 66.8 Å². The SMILES string of the molecule is Cc1cc(C)n(C2CCCN(C(=O)c3cc(F)cc4[nH]cnc34)C2)n1. The third kappa shape index (κ3) is 2.79. The lowest BCUT2D eigenvalue weighted by Crippen LogP contribution is -2.41. The highest BCUT2D eigenvalue weighted by Gasteiger charge is 2.28. The van der Waals surface area contributed by atoms with Crippen LogP contribution >= 0.6 is 0 Å². The van der Waals surface area contributed by atoms with E-state index in [1.807, 2.05) is 24.6 Å². The summed E-state index contributed by atoms with van der Waals surface area (Å²) < 4.78 is 15.9. The van der Waals surface area contributed by atoms with Crippen molar-refractivity contribution >= 4 is 16.9 Å². The molecule has 0 bridgehead atoms. The van der Waals surface area contributed by atoms with Crippen LogP contribution in [0.5, 0.6) is 0 Å². The van der Waals surface area contributed by atoms with Gasteiger partial charge in [-0.05, 0) is 44.9 Å². The van der Waals surface area contributed by atoms with E-state index in [1.54, 1.807) is 4.90 Å². The van der Waals surface area contributed by atoms with Gasteiger partial charge < -0.3 is 9.88 Å². The van der Waals surface area contributed by atoms with Crippen LogP contribution in [0.15, 0.2) is 24.5 Å². The summed E-state index contributed by atoms with van der Waals surface area (Å²) in [5, 5.41) is 4.56. The van der Waals surface area contributed by atoms with Gasteiger partial charge in [-0.3, -0.25) is 9.48 Å². The van der Waals surface area contributed by atoms with E-state index in [0.29, 0.717) is 29.7 Å². The van der Waals surface area contributed by atoms with Crippen molar-refractivity contribution < 1.29 is 9.18 Å². The Balaban J connectivity index is 1.63. The Morgan fingerprint density at radius 1 is 1.32 bits per heavy atom. The second-order valence-corrected chi connectivity index (χ2v) is 6.67. The number of nitrogens with zero attached hydrogens (tertiary/aromatic N) is 4. The summed E-state index contributed by atoms with van der Waals surface area (Å²) in [4.78, 5) is 21.8. The van der Waals surface area contributed by atoms with Crippen LogP contribution in [0.2, 0.25) is 0 Å². The average Bonchev–Trinajstić information content (AvgIpc) is 3.19. The quantitative estimate of drug-likeness (QED) is 0.779. The largest absolute Gasteiger partial charge is 0.344 e. The molecule has 1 saturated heterocycles. The number of fused-ring (bicyclic) bond motifs is 1. The van der Waals surface area contributed by atoms with Gasteiger partial charge in [-0.15, -0.1) is 0 Å². The molecule has 4 rings (SSSR count). The normalized spacial score (nSPS) is 18.0. The van der Waals surface area contributed by atoms with Gasteiger partial charge in [-0.1, -0.05) is 0 Å². The molecule has 1 amide bonds. The summed E-state index contributed by atoms with van der Waals surface area (Å²) in [6.07, 6.45) is 3.36. The fraction of sp³-hybridized carbons (Fsp3) is 0.389. The number of carbonyl (C=O) groups is 1. The van der Waals surface area contributed by atoms with Crippen molar-refractivity contribution in [2.24, 2.45) is 0 Å². The zero-order valence-corrected chi connectivity index (χ0v) is 14.3. The fourth-order valence-corrected chi connectivity index (χ4v) is 3.70. The van der Waals surface area contributed by atoms with Gasteiger partial charge in [0.25, 0.3) is 5.91 Å². The Morgan fingerprint density at radius 3 is 2.92 bits per heavy atom. The number of nitrogens with one attached hydrogen (secondary N) is 1. The molecule has 7 heteroatoms. The van der Waals surface area contributed by atoms with Crippen LogP contribution in [-0.4, -0.2) is 43.6 Å². The molecular formula is C18H20FN5O. The van der Waals surface area contributed by atoms with E-state index >= 15 is 0 Å². The molecule has 1 aliphatic rings. The summed E-state index contributed by atoms with van der Waals surface area (Å²) in [6.45, 7) is 5.23. The summed E-state index contributed by atoms with van der Waals surface area (Å²) >= 11 is 0. The Bertz CT molecular complexity index is 944. The van der Waals surface area contributed by atoms with E-state index in [1.165, 1.54) is 18.5 Å². The Kier molecular flexibility index (Phi) is 3.78. The van der Waals surface area contributed by atoms with Crippen LogP contribution in [0.25, 0.3) is 11.0 Å². The van der Waals surface area contributed by atoms with Gasteiger partial charge in [0.1, 0.15) is 11.3 Å². The predicted octanol–water partition coefficient (Wildman–Crippen LogP) is 2.99. The lowest BCUT2D eigenvalue weighted by atomic mass is 10.0. The molecule has 25 heavy (non-hydrogen) atoms. The molecule has 1 N–H and O–H groups in total. The summed E-state index contributed by atoms with van der Waals surface area (Å²) in [5.41, 5.74) is 3.43. The first-order valence-electron chi connectivity index (χ1n) is 8.47. The fourth-order valence-electron chi connectivity index (χ4n) is 3.70. The molecule has 0 aliphatic carbocycles. The van der Waals surface area contributed by atoms with Gasteiger partial charge in [0.2, 0.25) is 0 Å². The average molecular weight is 341 g/mol. The number of H-pyrrole nitrogens is 1. The van der Waals surface area contributed by atoms with Gasteiger partial charge in [-0.2, -0.15) is 5.10 Å². The van der Waals surface area contributed by atoms with E-state index in [2.05, 4.69) is 15.1 Å². The number of carbonyl (C=O) groups excluding carboxylic acids is 1. The molecule has 1 unspecified atom stereocenters. The number of rotatable bonds is 2. The number of benzene rings is 1. The van der Waals surface area contributed by atoms with Crippen molar-refractivity contribution in [2.75, 3.05) is 13.1 Å². The van der Waals surface area contributed by atoms with Crippen molar-refractivity contribution in [1.82, 2.24) is 24.6 Å². The lowest BCUT2D eigenvalue weighted by Gasteiger charge is -2.33. The van der Waals surface area contributed by atoms with E-state index in [9.17, 15) is 9.18 Å². The number of halogens is 1. The van der Waals surface area contributed by atoms with Gasteiger partial charge >= 0.3 is 0 Å². The zero-order valence-electron chi connectivity index (χ0n) is 14.3. The monoisotopic (exact) mass is 341 g/mol. The molecule has 1 aromatic carbocycles. The number of aromatic amines is 1. The standard InChI is InChI=1S/C18H20FN5O/c1-11-6-12(2)24(22-11)14-4-3-5-23(9-14)18(25)15-7-13(19)8-16-17(15)21-10-20-16/h6-8,10,14H,3-5,9H2,1-2H3,(H,20,21). The Labute approximate surface area is 144 Å². The van der Waals surface area contributed by atoms with Crippen molar-refractivity contribution in [1.29, 1.82) is 0 Å². The van der Waals surface area contributed by atoms with Gasteiger partial charge in [-0.25, -0.2) is 9.37 Å². The molecule has 6 nitrogen and oxygen atoms in total. The van der Waals surface area contributed by atoms with E-state index in [4.69, 9.17) is 0 Å². The summed E-state index contributed by atoms with van der Waals surface area (Å²) in [6, 6.07) is 4.82. The van der Waals surface area contributed by atoms with Gasteiger partial charge in [0.15, 0.2) is 0 Å². The van der Waals surface area contributed by atoms with Crippen LogP contribution in [0.1, 0.15) is 40.6 Å². The molecule has 2 aromatic heterocycles. The van der Waals surface area contributed by atoms with Crippen molar-refractivity contribution in [3.8, 4) is 0 Å². The first-order chi connectivity index (χ1) is 12.0. The molecular weight excluding hydrogens is 321 g/mol. The molecule has 0 radical (unpaired) electrons. The first kappa shape index (κ1) is 15.8. The third-order valence-electron chi connectivity index (χ3n) is 4.79. The van der Waals surface area contributed by atoms with E-state index in [-0.39, 0.29) is 11.9 Å². The minimum Gasteiger partial charge on any atom is -0.344 e. The molecule has 1 atom stereocenters. The number of piperidine rings is 1. The number of imidazole rings is 1. The van der Waals surface area contributed by atoms with Crippen LogP contribution < -0.4 is 0 Å². The van der Waals surface area contributed by atoms with Crippen LogP contribution in [0.3, 0.4) is 0 Å². The van der Waals surface area contributed by atoms with Gasteiger partial charge in [0.05, 0.1) is 29.1 Å². The number of aryl methyl sites for hydroxylation is 2. The highest BCUT2D eigenvalue weighted by molar-refractivity contribution is 6.04. The van der Waals surface area contributed by atoms with E-state index < -0.39 is 5.82 Å². The Morgan fingerprint density at radius 2 is 2.16 bits per heavy atom. The first-order valence-corrected chi connectivity index (χ1v) is 8.47. The minimum absolute atomic E-state index is 0.148. The molecule has 1 fully saturated rings.